The normalized spacial score (nSPS) is 21.9. The van der Waals surface area contributed by atoms with Gasteiger partial charge in [0.1, 0.15) is 5.50 Å². The quantitative estimate of drug-likeness (QED) is 0.756. The third-order valence-electron chi connectivity index (χ3n) is 1.92. The molecule has 13 heavy (non-hydrogen) atoms. The lowest BCUT2D eigenvalue weighted by molar-refractivity contribution is -0.128. The summed E-state index contributed by atoms with van der Waals surface area (Å²) in [5.74, 6) is 0.103. The van der Waals surface area contributed by atoms with E-state index in [1.807, 2.05) is 13.1 Å². The number of rotatable bonds is 3. The molecule has 0 spiro atoms. The van der Waals surface area contributed by atoms with Crippen molar-refractivity contribution in [2.75, 3.05) is 0 Å². The number of carbonyl (C=O) groups excluding carboxylic acids is 1. The molecule has 0 aromatic heterocycles. The van der Waals surface area contributed by atoms with Crippen molar-refractivity contribution in [2.24, 2.45) is 5.73 Å². The first-order chi connectivity index (χ1) is 6.19. The minimum atomic E-state index is -0.200. The molecule has 74 valence electrons. The number of thioether (sulfide) groups is 1. The Bertz CT molecular complexity index is 228. The number of allylic oxidation sites excluding steroid dienone is 1. The predicted octanol–water partition coefficient (Wildman–Crippen LogP) is 1.86. The van der Waals surface area contributed by atoms with E-state index < -0.39 is 0 Å². The molecule has 1 rings (SSSR count). The van der Waals surface area contributed by atoms with E-state index >= 15 is 0 Å². The maximum absolute atomic E-state index is 11.4. The van der Waals surface area contributed by atoms with Crippen molar-refractivity contribution >= 4 is 17.7 Å². The van der Waals surface area contributed by atoms with Gasteiger partial charge in [0.2, 0.25) is 5.91 Å². The third-order valence-corrected chi connectivity index (χ3v) is 3.00. The number of amides is 1. The Labute approximate surface area is 83.3 Å². The molecule has 0 radical (unpaired) electrons. The number of hydrogen-bond acceptors (Lipinski definition) is 3. The highest BCUT2D eigenvalue weighted by atomic mass is 32.2. The summed E-state index contributed by atoms with van der Waals surface area (Å²) < 4.78 is 0. The highest BCUT2D eigenvalue weighted by Gasteiger charge is 2.25. The molecule has 1 atom stereocenters. The Hall–Kier alpha value is -0.480. The van der Waals surface area contributed by atoms with Gasteiger partial charge >= 0.3 is 0 Å². The largest absolute Gasteiger partial charge is 0.302 e. The molecule has 0 bridgehead atoms. The lowest BCUT2D eigenvalue weighted by atomic mass is 10.3. The second-order valence-corrected chi connectivity index (χ2v) is 4.25. The van der Waals surface area contributed by atoms with Crippen LogP contribution in [0.15, 0.2) is 11.1 Å². The summed E-state index contributed by atoms with van der Waals surface area (Å²) in [6, 6.07) is 0. The van der Waals surface area contributed by atoms with Gasteiger partial charge in [-0.15, -0.1) is 0 Å². The van der Waals surface area contributed by atoms with Crippen molar-refractivity contribution in [3.05, 3.63) is 11.1 Å². The van der Waals surface area contributed by atoms with Crippen LogP contribution in [0.1, 0.15) is 33.1 Å². The van der Waals surface area contributed by atoms with Crippen molar-refractivity contribution in [2.45, 2.75) is 38.6 Å². The molecule has 2 N–H and O–H groups in total. The summed E-state index contributed by atoms with van der Waals surface area (Å²) in [6.07, 6.45) is 4.53. The third kappa shape index (κ3) is 2.48. The smallest absolute Gasteiger partial charge is 0.228 e. The van der Waals surface area contributed by atoms with Crippen molar-refractivity contribution in [1.82, 2.24) is 4.90 Å². The van der Waals surface area contributed by atoms with Crippen LogP contribution in [-0.4, -0.2) is 16.3 Å². The second-order valence-electron chi connectivity index (χ2n) is 3.01. The van der Waals surface area contributed by atoms with Gasteiger partial charge in [-0.25, -0.2) is 0 Å². The summed E-state index contributed by atoms with van der Waals surface area (Å²) >= 11 is 1.59. The SMILES string of the molecule is CCCC1=CN(C(=O)CC)C(N)S1. The topological polar surface area (TPSA) is 46.3 Å². The van der Waals surface area contributed by atoms with Gasteiger partial charge in [-0.2, -0.15) is 0 Å². The molecule has 3 nitrogen and oxygen atoms in total. The summed E-state index contributed by atoms with van der Waals surface area (Å²) in [5, 5.41) is 0. The molecule has 0 aromatic rings. The Morgan fingerprint density at radius 1 is 1.69 bits per heavy atom. The summed E-state index contributed by atoms with van der Waals surface area (Å²) in [6.45, 7) is 3.97. The highest BCUT2D eigenvalue weighted by Crippen LogP contribution is 2.32. The highest BCUT2D eigenvalue weighted by molar-refractivity contribution is 8.03. The summed E-state index contributed by atoms with van der Waals surface area (Å²) in [4.78, 5) is 14.2. The van der Waals surface area contributed by atoms with Gasteiger partial charge in [-0.05, 0) is 6.42 Å². The molecule has 1 heterocycles. The van der Waals surface area contributed by atoms with Crippen molar-refractivity contribution in [3.63, 3.8) is 0 Å². The first-order valence-electron chi connectivity index (χ1n) is 4.63. The van der Waals surface area contributed by atoms with E-state index in [-0.39, 0.29) is 11.4 Å². The zero-order valence-electron chi connectivity index (χ0n) is 8.12. The van der Waals surface area contributed by atoms with Crippen LogP contribution in [0.3, 0.4) is 0 Å². The summed E-state index contributed by atoms with van der Waals surface area (Å²) in [7, 11) is 0. The lowest BCUT2D eigenvalue weighted by Gasteiger charge is -2.17. The summed E-state index contributed by atoms with van der Waals surface area (Å²) in [5.41, 5.74) is 5.59. The van der Waals surface area contributed by atoms with Crippen molar-refractivity contribution in [1.29, 1.82) is 0 Å². The molecule has 4 heteroatoms. The van der Waals surface area contributed by atoms with E-state index in [2.05, 4.69) is 6.92 Å². The standard InChI is InChI=1S/C9H16N2OS/c1-3-5-7-6-11(8(12)4-2)9(10)13-7/h6,9H,3-5,10H2,1-2H3. The monoisotopic (exact) mass is 200 g/mol. The van der Waals surface area contributed by atoms with Gasteiger partial charge in [-0.3, -0.25) is 9.69 Å². The van der Waals surface area contributed by atoms with Crippen LogP contribution in [0.5, 0.6) is 0 Å². The Morgan fingerprint density at radius 2 is 2.38 bits per heavy atom. The number of nitrogens with two attached hydrogens (primary N) is 1. The van der Waals surface area contributed by atoms with Gasteiger partial charge in [0.15, 0.2) is 0 Å². The van der Waals surface area contributed by atoms with Gasteiger partial charge < -0.3 is 5.73 Å². The number of nitrogens with zero attached hydrogens (tertiary/aromatic N) is 1. The minimum absolute atomic E-state index is 0.103. The Morgan fingerprint density at radius 3 is 2.92 bits per heavy atom. The molecule has 0 saturated carbocycles. The van der Waals surface area contributed by atoms with Gasteiger partial charge in [0.25, 0.3) is 0 Å². The molecule has 1 unspecified atom stereocenters. The fourth-order valence-electron chi connectivity index (χ4n) is 1.24. The molecule has 1 aliphatic heterocycles. The van der Waals surface area contributed by atoms with Crippen LogP contribution >= 0.6 is 11.8 Å². The van der Waals surface area contributed by atoms with Gasteiger partial charge in [0.05, 0.1) is 0 Å². The van der Waals surface area contributed by atoms with E-state index in [0.717, 1.165) is 12.8 Å². The van der Waals surface area contributed by atoms with Crippen LogP contribution in [0.2, 0.25) is 0 Å². The van der Waals surface area contributed by atoms with Gasteiger partial charge in [0, 0.05) is 17.5 Å². The van der Waals surface area contributed by atoms with Crippen LogP contribution in [-0.2, 0) is 4.79 Å². The van der Waals surface area contributed by atoms with E-state index in [9.17, 15) is 4.79 Å². The van der Waals surface area contributed by atoms with Crippen LogP contribution < -0.4 is 5.73 Å². The molecule has 0 aliphatic carbocycles. The Kier molecular flexibility index (Phi) is 3.81. The molecule has 1 amide bonds. The zero-order valence-corrected chi connectivity index (χ0v) is 8.93. The zero-order chi connectivity index (χ0) is 9.84. The minimum Gasteiger partial charge on any atom is -0.302 e. The maximum atomic E-state index is 11.4. The molecule has 0 aromatic carbocycles. The van der Waals surface area contributed by atoms with Crippen LogP contribution in [0.4, 0.5) is 0 Å². The fourth-order valence-corrected chi connectivity index (χ4v) is 2.34. The average molecular weight is 200 g/mol. The lowest BCUT2D eigenvalue weighted by Crippen LogP contribution is -2.36. The van der Waals surface area contributed by atoms with E-state index in [1.54, 1.807) is 16.7 Å². The molecule has 0 fully saturated rings. The van der Waals surface area contributed by atoms with E-state index in [4.69, 9.17) is 5.73 Å². The average Bonchev–Trinajstić information content (AvgIpc) is 2.46. The Balaban J connectivity index is 2.60. The molecular weight excluding hydrogens is 184 g/mol. The molecular formula is C9H16N2OS. The van der Waals surface area contributed by atoms with Crippen molar-refractivity contribution in [3.8, 4) is 0 Å². The fraction of sp³-hybridized carbons (Fsp3) is 0.667. The maximum Gasteiger partial charge on any atom is 0.228 e. The number of hydrogen-bond donors (Lipinski definition) is 1. The van der Waals surface area contributed by atoms with E-state index in [0.29, 0.717) is 6.42 Å². The first-order valence-corrected chi connectivity index (χ1v) is 5.51. The molecule has 1 aliphatic rings. The predicted molar refractivity (Wildman–Crippen MR) is 55.7 cm³/mol. The first kappa shape index (κ1) is 10.6. The number of carbonyl (C=O) groups is 1. The molecule has 0 saturated heterocycles. The van der Waals surface area contributed by atoms with Crippen LogP contribution in [0, 0.1) is 0 Å². The van der Waals surface area contributed by atoms with Crippen LogP contribution in [0.25, 0.3) is 0 Å². The van der Waals surface area contributed by atoms with E-state index in [1.165, 1.54) is 4.91 Å². The van der Waals surface area contributed by atoms with Gasteiger partial charge in [-0.1, -0.05) is 32.0 Å². The van der Waals surface area contributed by atoms with Crippen molar-refractivity contribution < 1.29 is 4.79 Å². The second kappa shape index (κ2) is 4.67.